The minimum absolute atomic E-state index is 0.0369. The van der Waals surface area contributed by atoms with Crippen molar-refractivity contribution in [2.24, 2.45) is 5.92 Å². The van der Waals surface area contributed by atoms with Gasteiger partial charge in [-0.3, -0.25) is 9.78 Å². The molecule has 3 atom stereocenters. The molecule has 1 aromatic carbocycles. The smallest absolute Gasteiger partial charge is 0.257 e. The highest BCUT2D eigenvalue weighted by atomic mass is 16.3. The van der Waals surface area contributed by atoms with E-state index in [9.17, 15) is 9.90 Å². The molecule has 2 aromatic rings. The van der Waals surface area contributed by atoms with Crippen molar-refractivity contribution in [3.05, 3.63) is 59.9 Å². The van der Waals surface area contributed by atoms with Gasteiger partial charge in [0.15, 0.2) is 0 Å². The molecule has 1 amide bonds. The fourth-order valence-electron chi connectivity index (χ4n) is 4.76. The number of benzene rings is 1. The summed E-state index contributed by atoms with van der Waals surface area (Å²) in [5.74, 6) is -0.0168. The Bertz CT molecular complexity index is 795. The number of aliphatic hydroxyl groups is 1. The van der Waals surface area contributed by atoms with E-state index in [4.69, 9.17) is 5.73 Å². The van der Waals surface area contributed by atoms with Gasteiger partial charge in [0, 0.05) is 36.6 Å². The molecule has 2 aliphatic rings. The zero-order chi connectivity index (χ0) is 18.1. The van der Waals surface area contributed by atoms with Crippen LogP contribution in [0, 0.1) is 5.92 Å². The maximum absolute atomic E-state index is 13.1. The molecule has 5 nitrogen and oxygen atoms in total. The molecule has 3 N–H and O–H groups in total. The summed E-state index contributed by atoms with van der Waals surface area (Å²) >= 11 is 0. The van der Waals surface area contributed by atoms with Gasteiger partial charge in [0.25, 0.3) is 5.91 Å². The monoisotopic (exact) mass is 351 g/mol. The Balaban J connectivity index is 1.67. The van der Waals surface area contributed by atoms with Gasteiger partial charge in [0.05, 0.1) is 11.2 Å². The second-order valence-corrected chi connectivity index (χ2v) is 7.46. The molecule has 1 unspecified atom stereocenters. The van der Waals surface area contributed by atoms with Crippen molar-refractivity contribution < 1.29 is 9.90 Å². The van der Waals surface area contributed by atoms with Crippen molar-refractivity contribution in [2.45, 2.75) is 43.7 Å². The number of hydrogen-bond acceptors (Lipinski definition) is 4. The van der Waals surface area contributed by atoms with Crippen molar-refractivity contribution in [1.29, 1.82) is 0 Å². The molecule has 1 aliphatic carbocycles. The summed E-state index contributed by atoms with van der Waals surface area (Å²) in [6.45, 7) is 0.528. The molecule has 26 heavy (non-hydrogen) atoms. The number of nitrogen functional groups attached to an aromatic ring is 1. The Kier molecular flexibility index (Phi) is 4.41. The Morgan fingerprint density at radius 1 is 1.19 bits per heavy atom. The molecular weight excluding hydrogens is 326 g/mol. The Morgan fingerprint density at radius 3 is 2.73 bits per heavy atom. The van der Waals surface area contributed by atoms with Gasteiger partial charge in [-0.05, 0) is 30.9 Å². The molecule has 1 aromatic heterocycles. The number of carbonyl (C=O) groups is 1. The van der Waals surface area contributed by atoms with Crippen LogP contribution < -0.4 is 5.73 Å². The number of fused-ring (bicyclic) bond motifs is 1. The topological polar surface area (TPSA) is 79.5 Å². The van der Waals surface area contributed by atoms with Crippen LogP contribution in [0.4, 0.5) is 5.69 Å². The molecule has 136 valence electrons. The number of piperidine rings is 1. The predicted octanol–water partition coefficient (Wildman–Crippen LogP) is 2.96. The van der Waals surface area contributed by atoms with E-state index in [-0.39, 0.29) is 17.9 Å². The van der Waals surface area contributed by atoms with Crippen LogP contribution in [0.15, 0.2) is 48.8 Å². The van der Waals surface area contributed by atoms with E-state index in [1.165, 1.54) is 0 Å². The van der Waals surface area contributed by atoms with Crippen molar-refractivity contribution in [2.75, 3.05) is 12.3 Å². The van der Waals surface area contributed by atoms with E-state index < -0.39 is 5.60 Å². The predicted molar refractivity (Wildman–Crippen MR) is 100 cm³/mol. The number of nitrogens with two attached hydrogens (primary N) is 1. The molecule has 0 radical (unpaired) electrons. The van der Waals surface area contributed by atoms with Crippen LogP contribution in [-0.4, -0.2) is 33.5 Å². The van der Waals surface area contributed by atoms with E-state index in [0.717, 1.165) is 31.2 Å². The van der Waals surface area contributed by atoms with Gasteiger partial charge in [-0.1, -0.05) is 43.2 Å². The third-order valence-corrected chi connectivity index (χ3v) is 6.10. The van der Waals surface area contributed by atoms with E-state index in [0.29, 0.717) is 24.2 Å². The van der Waals surface area contributed by atoms with Gasteiger partial charge in [0.1, 0.15) is 0 Å². The van der Waals surface area contributed by atoms with Crippen LogP contribution >= 0.6 is 0 Å². The summed E-state index contributed by atoms with van der Waals surface area (Å²) < 4.78 is 0. The number of nitrogens with zero attached hydrogens (tertiary/aromatic N) is 2. The van der Waals surface area contributed by atoms with Crippen LogP contribution in [0.1, 0.15) is 48.0 Å². The van der Waals surface area contributed by atoms with Gasteiger partial charge >= 0.3 is 0 Å². The van der Waals surface area contributed by atoms with Crippen molar-refractivity contribution in [3.8, 4) is 0 Å². The SMILES string of the molecule is Nc1ccncc1C(=O)N1CCC(O)(c2ccccc2)[C@H]2CCCC[C@@H]21. The zero-order valence-corrected chi connectivity index (χ0v) is 14.8. The van der Waals surface area contributed by atoms with E-state index >= 15 is 0 Å². The molecule has 1 saturated heterocycles. The first kappa shape index (κ1) is 17.0. The van der Waals surface area contributed by atoms with Gasteiger partial charge in [-0.2, -0.15) is 0 Å². The fraction of sp³-hybridized carbons (Fsp3) is 0.429. The summed E-state index contributed by atoms with van der Waals surface area (Å²) in [4.78, 5) is 19.1. The minimum atomic E-state index is -0.871. The first-order valence-corrected chi connectivity index (χ1v) is 9.39. The normalized spacial score (nSPS) is 28.4. The van der Waals surface area contributed by atoms with Crippen molar-refractivity contribution >= 4 is 11.6 Å². The number of pyridine rings is 1. The largest absolute Gasteiger partial charge is 0.398 e. The first-order chi connectivity index (χ1) is 12.6. The molecule has 2 heterocycles. The molecule has 1 aliphatic heterocycles. The van der Waals surface area contributed by atoms with Gasteiger partial charge in [-0.15, -0.1) is 0 Å². The third kappa shape index (κ3) is 2.76. The van der Waals surface area contributed by atoms with Gasteiger partial charge < -0.3 is 15.7 Å². The summed E-state index contributed by atoms with van der Waals surface area (Å²) in [6.07, 6.45) is 7.72. The Morgan fingerprint density at radius 2 is 1.96 bits per heavy atom. The highest BCUT2D eigenvalue weighted by Crippen LogP contribution is 2.47. The summed E-state index contributed by atoms with van der Waals surface area (Å²) in [5, 5.41) is 11.6. The Hall–Kier alpha value is -2.40. The fourth-order valence-corrected chi connectivity index (χ4v) is 4.76. The van der Waals surface area contributed by atoms with Crippen LogP contribution in [0.2, 0.25) is 0 Å². The summed E-state index contributed by atoms with van der Waals surface area (Å²) in [6, 6.07) is 11.6. The second kappa shape index (κ2) is 6.72. The number of anilines is 1. The molecule has 5 heteroatoms. The van der Waals surface area contributed by atoms with Crippen molar-refractivity contribution in [1.82, 2.24) is 9.88 Å². The molecule has 0 bridgehead atoms. The molecule has 1 saturated carbocycles. The molecule has 4 rings (SSSR count). The van der Waals surface area contributed by atoms with Gasteiger partial charge in [-0.25, -0.2) is 0 Å². The second-order valence-electron chi connectivity index (χ2n) is 7.46. The van der Waals surface area contributed by atoms with Crippen molar-refractivity contribution in [3.63, 3.8) is 0 Å². The maximum atomic E-state index is 13.1. The zero-order valence-electron chi connectivity index (χ0n) is 14.8. The highest BCUT2D eigenvalue weighted by Gasteiger charge is 2.50. The lowest BCUT2D eigenvalue weighted by molar-refractivity contribution is -0.110. The molecular formula is C21H25N3O2. The number of aromatic nitrogens is 1. The van der Waals surface area contributed by atoms with E-state index in [1.807, 2.05) is 35.2 Å². The first-order valence-electron chi connectivity index (χ1n) is 9.39. The molecule has 2 fully saturated rings. The lowest BCUT2D eigenvalue weighted by atomic mass is 9.66. The third-order valence-electron chi connectivity index (χ3n) is 6.10. The summed E-state index contributed by atoms with van der Waals surface area (Å²) in [5.41, 5.74) is 7.01. The van der Waals surface area contributed by atoms with E-state index in [2.05, 4.69) is 4.98 Å². The minimum Gasteiger partial charge on any atom is -0.398 e. The lowest BCUT2D eigenvalue weighted by Gasteiger charge is -2.52. The van der Waals surface area contributed by atoms with Crippen LogP contribution in [-0.2, 0) is 5.60 Å². The average Bonchev–Trinajstić information content (AvgIpc) is 2.69. The summed E-state index contributed by atoms with van der Waals surface area (Å²) in [7, 11) is 0. The highest BCUT2D eigenvalue weighted by molar-refractivity contribution is 5.99. The number of hydrogen-bond donors (Lipinski definition) is 2. The average molecular weight is 351 g/mol. The van der Waals surface area contributed by atoms with Crippen LogP contribution in [0.3, 0.4) is 0 Å². The lowest BCUT2D eigenvalue weighted by Crippen LogP contribution is -2.59. The Labute approximate surface area is 153 Å². The van der Waals surface area contributed by atoms with E-state index in [1.54, 1.807) is 18.5 Å². The number of rotatable bonds is 2. The van der Waals surface area contributed by atoms with Crippen LogP contribution in [0.5, 0.6) is 0 Å². The number of amides is 1. The number of carbonyl (C=O) groups excluding carboxylic acids is 1. The van der Waals surface area contributed by atoms with Crippen LogP contribution in [0.25, 0.3) is 0 Å². The maximum Gasteiger partial charge on any atom is 0.257 e. The molecule has 0 spiro atoms. The van der Waals surface area contributed by atoms with Gasteiger partial charge in [0.2, 0.25) is 0 Å². The standard InChI is InChI=1S/C21H25N3O2/c22-18-10-12-23-14-16(18)20(25)24-13-11-21(26,15-6-2-1-3-7-15)17-8-4-5-9-19(17)24/h1-3,6-7,10,12,14,17,19,26H,4-5,8-9,11,13H2,(H2,22,23)/t17-,19-,21?/m0/s1. The quantitative estimate of drug-likeness (QED) is 0.872. The number of likely N-dealkylation sites (tertiary alicyclic amines) is 1.